The number of carbonyl (C=O) groups is 1. The Labute approximate surface area is 190 Å². The summed E-state index contributed by atoms with van der Waals surface area (Å²) in [5.41, 5.74) is 2.75. The molecule has 0 bridgehead atoms. The van der Waals surface area contributed by atoms with Crippen LogP contribution in [0.2, 0.25) is 0 Å². The smallest absolute Gasteiger partial charge is 0.252 e. The van der Waals surface area contributed by atoms with Crippen molar-refractivity contribution in [2.75, 3.05) is 24.5 Å². The van der Waals surface area contributed by atoms with Crippen LogP contribution in [0.4, 0.5) is 5.69 Å². The minimum Gasteiger partial charge on any atom is -0.339 e. The first-order chi connectivity index (χ1) is 15.4. The number of nitrogens with zero attached hydrogens (tertiary/aromatic N) is 4. The van der Waals surface area contributed by atoms with Crippen molar-refractivity contribution in [2.45, 2.75) is 36.8 Å². The Kier molecular flexibility index (Phi) is 5.60. The molecule has 0 spiro atoms. The van der Waals surface area contributed by atoms with E-state index in [1.54, 1.807) is 18.4 Å². The van der Waals surface area contributed by atoms with E-state index in [1.807, 2.05) is 23.1 Å². The highest BCUT2D eigenvalue weighted by molar-refractivity contribution is 7.91. The second-order valence-electron chi connectivity index (χ2n) is 8.22. The zero-order chi connectivity index (χ0) is 22.3. The van der Waals surface area contributed by atoms with Crippen molar-refractivity contribution in [3.8, 4) is 11.4 Å². The predicted molar refractivity (Wildman–Crippen MR) is 121 cm³/mol. The Bertz CT molecular complexity index is 1250. The van der Waals surface area contributed by atoms with Gasteiger partial charge >= 0.3 is 0 Å². The number of hydrogen-bond donors (Lipinski definition) is 0. The monoisotopic (exact) mass is 472 g/mol. The molecular weight excluding hydrogens is 448 g/mol. The highest BCUT2D eigenvalue weighted by Gasteiger charge is 2.37. The Balaban J connectivity index is 1.35. The topological polar surface area (TPSA) is 96.6 Å². The van der Waals surface area contributed by atoms with E-state index < -0.39 is 10.0 Å². The fraction of sp³-hybridized carbons (Fsp3) is 0.409. The van der Waals surface area contributed by atoms with E-state index in [0.29, 0.717) is 43.2 Å². The third-order valence-electron chi connectivity index (χ3n) is 6.06. The second-order valence-corrected chi connectivity index (χ2v) is 11.3. The molecule has 1 amide bonds. The van der Waals surface area contributed by atoms with Gasteiger partial charge in [-0.3, -0.25) is 4.79 Å². The van der Waals surface area contributed by atoms with Crippen molar-refractivity contribution in [1.82, 2.24) is 14.4 Å². The van der Waals surface area contributed by atoms with Gasteiger partial charge in [0.2, 0.25) is 17.6 Å². The molecule has 10 heteroatoms. The maximum absolute atomic E-state index is 13.4. The van der Waals surface area contributed by atoms with Crippen molar-refractivity contribution >= 4 is 33.0 Å². The number of amides is 1. The lowest BCUT2D eigenvalue weighted by Crippen LogP contribution is -2.47. The number of hydrogen-bond acceptors (Lipinski definition) is 7. The number of anilines is 1. The van der Waals surface area contributed by atoms with Gasteiger partial charge in [-0.25, -0.2) is 8.42 Å². The zero-order valence-corrected chi connectivity index (χ0v) is 19.4. The van der Waals surface area contributed by atoms with E-state index in [9.17, 15) is 13.2 Å². The lowest BCUT2D eigenvalue weighted by Gasteiger charge is -2.36. The lowest BCUT2D eigenvalue weighted by atomic mass is 9.95. The largest absolute Gasteiger partial charge is 0.339 e. The van der Waals surface area contributed by atoms with Crippen LogP contribution < -0.4 is 4.90 Å². The van der Waals surface area contributed by atoms with Crippen LogP contribution in [0.15, 0.2) is 44.4 Å². The highest BCUT2D eigenvalue weighted by Crippen LogP contribution is 2.33. The van der Waals surface area contributed by atoms with Gasteiger partial charge in [0.15, 0.2) is 0 Å². The van der Waals surface area contributed by atoms with E-state index in [0.717, 1.165) is 29.9 Å². The van der Waals surface area contributed by atoms with E-state index in [-0.39, 0.29) is 22.6 Å². The highest BCUT2D eigenvalue weighted by atomic mass is 32.2. The van der Waals surface area contributed by atoms with Crippen molar-refractivity contribution in [1.29, 1.82) is 0 Å². The van der Waals surface area contributed by atoms with Gasteiger partial charge in [-0.15, -0.1) is 11.3 Å². The molecule has 0 radical (unpaired) electrons. The van der Waals surface area contributed by atoms with Crippen LogP contribution in [-0.2, 0) is 21.2 Å². The molecule has 1 aromatic carbocycles. The fourth-order valence-electron chi connectivity index (χ4n) is 4.46. The molecule has 4 heterocycles. The van der Waals surface area contributed by atoms with E-state index in [2.05, 4.69) is 16.2 Å². The number of sulfonamides is 1. The Morgan fingerprint density at radius 3 is 2.88 bits per heavy atom. The summed E-state index contributed by atoms with van der Waals surface area (Å²) < 4.78 is 33.3. The van der Waals surface area contributed by atoms with Gasteiger partial charge < -0.3 is 9.42 Å². The standard InChI is InChI=1S/C22H24N4O4S2/c1-15-23-21(24-30-15)18-12-20(31-14-18)32(28,29)25-10-4-8-17(13-25)22(27)26-11-5-7-16-6-2-3-9-19(16)26/h2-3,6,9,12,14,17H,4-5,7-8,10-11,13H2,1H3/t17-/m1/s1. The third-order valence-corrected chi connectivity index (χ3v) is 9.35. The molecule has 32 heavy (non-hydrogen) atoms. The number of carbonyl (C=O) groups excluding carboxylic acids is 1. The number of rotatable bonds is 4. The van der Waals surface area contributed by atoms with Crippen LogP contribution in [0.3, 0.4) is 0 Å². The van der Waals surface area contributed by atoms with Crippen LogP contribution in [-0.4, -0.2) is 48.4 Å². The minimum atomic E-state index is -3.71. The van der Waals surface area contributed by atoms with Crippen LogP contribution in [0.5, 0.6) is 0 Å². The summed E-state index contributed by atoms with van der Waals surface area (Å²) in [4.78, 5) is 19.4. The molecule has 2 aromatic heterocycles. The Hall–Kier alpha value is -2.56. The van der Waals surface area contributed by atoms with Crippen molar-refractivity contribution in [2.24, 2.45) is 5.92 Å². The first-order valence-corrected chi connectivity index (χ1v) is 13.0. The first-order valence-electron chi connectivity index (χ1n) is 10.7. The minimum absolute atomic E-state index is 0.0196. The summed E-state index contributed by atoms with van der Waals surface area (Å²) in [6.45, 7) is 2.98. The molecule has 0 N–H and O–H groups in total. The summed E-state index contributed by atoms with van der Waals surface area (Å²) in [5, 5.41) is 5.58. The number of aryl methyl sites for hydroxylation is 2. The summed E-state index contributed by atoms with van der Waals surface area (Å²) in [6, 6.07) is 9.56. The molecule has 1 fully saturated rings. The normalized spacial score (nSPS) is 19.7. The van der Waals surface area contributed by atoms with Gasteiger partial charge in [-0.1, -0.05) is 23.4 Å². The Morgan fingerprint density at radius 2 is 2.06 bits per heavy atom. The maximum atomic E-state index is 13.4. The molecule has 2 aliphatic heterocycles. The number of thiophene rings is 1. The molecule has 2 aliphatic rings. The molecule has 1 saturated heterocycles. The second kappa shape index (κ2) is 8.42. The summed E-state index contributed by atoms with van der Waals surface area (Å²) in [6.07, 6.45) is 3.24. The average molecular weight is 473 g/mol. The van der Waals surface area contributed by atoms with Crippen molar-refractivity contribution in [3.63, 3.8) is 0 Å². The summed E-state index contributed by atoms with van der Waals surface area (Å²) >= 11 is 1.14. The summed E-state index contributed by atoms with van der Waals surface area (Å²) in [5.74, 6) is 0.470. The van der Waals surface area contributed by atoms with Gasteiger partial charge in [0.25, 0.3) is 10.0 Å². The number of para-hydroxylation sites is 1. The van der Waals surface area contributed by atoms with E-state index >= 15 is 0 Å². The fourth-order valence-corrected chi connectivity index (χ4v) is 7.29. The van der Waals surface area contributed by atoms with Gasteiger partial charge in [0, 0.05) is 43.2 Å². The van der Waals surface area contributed by atoms with Crippen LogP contribution in [0.1, 0.15) is 30.7 Å². The Morgan fingerprint density at radius 1 is 1.22 bits per heavy atom. The molecular formula is C22H24N4O4S2. The number of piperidine rings is 1. The molecule has 168 valence electrons. The molecule has 0 unspecified atom stereocenters. The molecule has 3 aromatic rings. The average Bonchev–Trinajstić information content (AvgIpc) is 3.48. The van der Waals surface area contributed by atoms with E-state index in [1.165, 1.54) is 9.87 Å². The molecule has 8 nitrogen and oxygen atoms in total. The van der Waals surface area contributed by atoms with Gasteiger partial charge in [0.1, 0.15) is 4.21 Å². The van der Waals surface area contributed by atoms with E-state index in [4.69, 9.17) is 4.52 Å². The van der Waals surface area contributed by atoms with Crippen LogP contribution >= 0.6 is 11.3 Å². The van der Waals surface area contributed by atoms with Gasteiger partial charge in [-0.05, 0) is 43.4 Å². The summed E-state index contributed by atoms with van der Waals surface area (Å²) in [7, 11) is -3.71. The van der Waals surface area contributed by atoms with Crippen molar-refractivity contribution < 1.29 is 17.7 Å². The number of aromatic nitrogens is 2. The SMILES string of the molecule is Cc1nc(-c2csc(S(=O)(=O)N3CCC[C@@H](C(=O)N4CCCc5ccccc54)C3)c2)no1. The molecule has 0 aliphatic carbocycles. The van der Waals surface area contributed by atoms with Crippen molar-refractivity contribution in [3.05, 3.63) is 47.2 Å². The number of fused-ring (bicyclic) bond motifs is 1. The van der Waals surface area contributed by atoms with Gasteiger partial charge in [0.05, 0.1) is 5.92 Å². The van der Waals surface area contributed by atoms with Crippen LogP contribution in [0.25, 0.3) is 11.4 Å². The maximum Gasteiger partial charge on any atom is 0.252 e. The zero-order valence-electron chi connectivity index (χ0n) is 17.7. The third kappa shape index (κ3) is 3.87. The predicted octanol–water partition coefficient (Wildman–Crippen LogP) is 3.49. The van der Waals surface area contributed by atoms with Crippen LogP contribution in [0, 0.1) is 12.8 Å². The molecule has 5 rings (SSSR count). The lowest BCUT2D eigenvalue weighted by molar-refractivity contribution is -0.123. The molecule has 0 saturated carbocycles. The molecule has 1 atom stereocenters. The number of benzene rings is 1. The quantitative estimate of drug-likeness (QED) is 0.577. The first kappa shape index (κ1) is 21.3. The van der Waals surface area contributed by atoms with Gasteiger partial charge in [-0.2, -0.15) is 9.29 Å².